The van der Waals surface area contributed by atoms with Crippen molar-refractivity contribution in [3.05, 3.63) is 58.1 Å². The second-order valence-electron chi connectivity index (χ2n) is 10.9. The summed E-state index contributed by atoms with van der Waals surface area (Å²) in [7, 11) is 0.912. The van der Waals surface area contributed by atoms with Gasteiger partial charge in [0, 0.05) is 17.5 Å². The Hall–Kier alpha value is -3.30. The third kappa shape index (κ3) is 6.99. The number of carbonyl (C=O) groups is 2. The summed E-state index contributed by atoms with van der Waals surface area (Å²) in [5, 5.41) is 0. The molecule has 2 unspecified atom stereocenters. The maximum atomic E-state index is 13.8. The van der Waals surface area contributed by atoms with Gasteiger partial charge >= 0.3 is 30.7 Å². The Morgan fingerprint density at radius 2 is 1.52 bits per heavy atom. The first-order valence-corrected chi connectivity index (χ1v) is 13.7. The van der Waals surface area contributed by atoms with Crippen molar-refractivity contribution in [2.45, 2.75) is 81.3 Å². The monoisotopic (exact) mass is 658 g/mol. The zero-order chi connectivity index (χ0) is 32.9. The molecule has 2 aromatic rings. The van der Waals surface area contributed by atoms with E-state index in [9.17, 15) is 49.1 Å². The van der Waals surface area contributed by atoms with E-state index >= 15 is 0 Å². The van der Waals surface area contributed by atoms with Gasteiger partial charge in [0.15, 0.2) is 0 Å². The van der Waals surface area contributed by atoms with Gasteiger partial charge in [-0.15, -0.1) is 12.6 Å². The molecule has 2 aliphatic rings. The van der Waals surface area contributed by atoms with Gasteiger partial charge in [-0.25, -0.2) is 9.59 Å². The summed E-state index contributed by atoms with van der Waals surface area (Å²) in [6, 6.07) is 1.22. The summed E-state index contributed by atoms with van der Waals surface area (Å²) in [5.41, 5.74) is -5.43. The number of rotatable bonds is 5. The van der Waals surface area contributed by atoms with Crippen LogP contribution in [-0.2, 0) is 34.5 Å². The lowest BCUT2D eigenvalue weighted by Gasteiger charge is -2.44. The average Bonchev–Trinajstić information content (AvgIpc) is 3.74. The quantitative estimate of drug-likeness (QED) is 0.258. The van der Waals surface area contributed by atoms with Crippen LogP contribution in [0.5, 0.6) is 0 Å². The molecule has 44 heavy (non-hydrogen) atoms. The SMILES string of the molecule is COC(=O)N(Cc1cc(C(F)(F)F)c(S)c(C(F)(F)F)c1)C1CC(C2CC2)N(C(=O)OC(C)C)c2ccc(C(F)(F)F)cc21. The summed E-state index contributed by atoms with van der Waals surface area (Å²) in [4.78, 5) is 26.9. The molecule has 2 aromatic carbocycles. The Kier molecular flexibility index (Phi) is 9.08. The number of hydrogen-bond donors (Lipinski definition) is 1. The number of nitrogens with zero attached hydrogens (tertiary/aromatic N) is 2. The van der Waals surface area contributed by atoms with E-state index < -0.39 is 82.6 Å². The Morgan fingerprint density at radius 3 is 1.98 bits per heavy atom. The summed E-state index contributed by atoms with van der Waals surface area (Å²) >= 11 is 3.46. The molecular formula is C28H27F9N2O4S. The average molecular weight is 659 g/mol. The fourth-order valence-electron chi connectivity index (χ4n) is 5.36. The van der Waals surface area contributed by atoms with E-state index in [4.69, 9.17) is 9.47 Å². The number of thiol groups is 1. The van der Waals surface area contributed by atoms with Gasteiger partial charge in [0.1, 0.15) is 0 Å². The number of anilines is 1. The van der Waals surface area contributed by atoms with E-state index in [1.807, 2.05) is 0 Å². The van der Waals surface area contributed by atoms with E-state index in [-0.39, 0.29) is 23.6 Å². The third-order valence-electron chi connectivity index (χ3n) is 7.39. The summed E-state index contributed by atoms with van der Waals surface area (Å²) < 4.78 is 134. The molecule has 242 valence electrons. The van der Waals surface area contributed by atoms with Crippen molar-refractivity contribution >= 4 is 30.5 Å². The van der Waals surface area contributed by atoms with Gasteiger partial charge in [-0.3, -0.25) is 9.80 Å². The highest BCUT2D eigenvalue weighted by Crippen LogP contribution is 2.50. The first-order chi connectivity index (χ1) is 20.2. The van der Waals surface area contributed by atoms with E-state index in [1.54, 1.807) is 13.8 Å². The van der Waals surface area contributed by atoms with Crippen LogP contribution in [0.15, 0.2) is 35.2 Å². The smallest absolute Gasteiger partial charge is 0.417 e. The highest BCUT2D eigenvalue weighted by atomic mass is 32.1. The molecule has 0 bridgehead atoms. The lowest BCUT2D eigenvalue weighted by Crippen LogP contribution is -2.50. The molecule has 2 amide bonds. The number of alkyl halides is 9. The Balaban J connectivity index is 1.91. The lowest BCUT2D eigenvalue weighted by molar-refractivity contribution is -0.147. The molecule has 0 radical (unpaired) electrons. The van der Waals surface area contributed by atoms with Gasteiger partial charge in [-0.1, -0.05) is 0 Å². The summed E-state index contributed by atoms with van der Waals surface area (Å²) in [6.45, 7) is 2.24. The van der Waals surface area contributed by atoms with E-state index in [2.05, 4.69) is 12.6 Å². The van der Waals surface area contributed by atoms with Gasteiger partial charge in [0.2, 0.25) is 0 Å². The normalized spacial score (nSPS) is 19.1. The maximum Gasteiger partial charge on any atom is 0.417 e. The fraction of sp³-hybridized carbons (Fsp3) is 0.500. The van der Waals surface area contributed by atoms with Crippen molar-refractivity contribution in [2.24, 2.45) is 5.92 Å². The molecule has 16 heteroatoms. The van der Waals surface area contributed by atoms with Crippen LogP contribution in [-0.4, -0.2) is 36.3 Å². The second-order valence-corrected chi connectivity index (χ2v) is 11.3. The molecule has 1 aliphatic heterocycles. The number of carbonyl (C=O) groups excluding carboxylic acids is 2. The minimum absolute atomic E-state index is 0.0385. The van der Waals surface area contributed by atoms with Crippen molar-refractivity contribution < 1.29 is 58.6 Å². The number of methoxy groups -OCH3 is 1. The summed E-state index contributed by atoms with van der Waals surface area (Å²) in [6.07, 6.45) is -17.0. The molecule has 0 N–H and O–H groups in total. The number of ether oxygens (including phenoxy) is 2. The predicted octanol–water partition coefficient (Wildman–Crippen LogP) is 8.88. The van der Waals surface area contributed by atoms with Crippen molar-refractivity contribution in [3.8, 4) is 0 Å². The van der Waals surface area contributed by atoms with Crippen molar-refractivity contribution in [2.75, 3.05) is 12.0 Å². The van der Waals surface area contributed by atoms with Gasteiger partial charge in [0.05, 0.1) is 41.6 Å². The Morgan fingerprint density at radius 1 is 0.955 bits per heavy atom. The topological polar surface area (TPSA) is 59.1 Å². The Bertz CT molecular complexity index is 1390. The molecule has 6 nitrogen and oxygen atoms in total. The molecule has 1 saturated carbocycles. The molecular weight excluding hydrogens is 631 g/mol. The van der Waals surface area contributed by atoms with Crippen LogP contribution in [0, 0.1) is 5.92 Å². The zero-order valence-electron chi connectivity index (χ0n) is 23.4. The number of benzene rings is 2. The van der Waals surface area contributed by atoms with Crippen molar-refractivity contribution in [1.82, 2.24) is 4.90 Å². The third-order valence-corrected chi connectivity index (χ3v) is 7.87. The van der Waals surface area contributed by atoms with Gasteiger partial charge < -0.3 is 9.47 Å². The highest BCUT2D eigenvalue weighted by Gasteiger charge is 2.48. The zero-order valence-corrected chi connectivity index (χ0v) is 24.3. The minimum Gasteiger partial charge on any atom is -0.453 e. The standard InChI is InChI=1S/C28H27F9N2O4S/c1-13(2)43-25(41)39-20-7-6-16(26(29,30)31)10-17(20)22(11-21(39)15-4-5-15)38(24(40)42-3)12-14-8-18(27(32,33)34)23(44)19(9-14)28(35,36)37/h6-10,13,15,21-22,44H,4-5,11-12H2,1-3H3. The maximum absolute atomic E-state index is 13.8. The molecule has 2 atom stereocenters. The molecule has 0 saturated heterocycles. The van der Waals surface area contributed by atoms with Crippen LogP contribution in [0.3, 0.4) is 0 Å². The van der Waals surface area contributed by atoms with E-state index in [1.165, 1.54) is 4.90 Å². The van der Waals surface area contributed by atoms with Gasteiger partial charge in [-0.2, -0.15) is 39.5 Å². The van der Waals surface area contributed by atoms with Crippen LogP contribution in [0.2, 0.25) is 0 Å². The summed E-state index contributed by atoms with van der Waals surface area (Å²) in [5.74, 6) is -0.149. The number of halogens is 9. The fourth-order valence-corrected chi connectivity index (χ4v) is 5.74. The highest BCUT2D eigenvalue weighted by molar-refractivity contribution is 7.80. The van der Waals surface area contributed by atoms with Gasteiger partial charge in [-0.05, 0) is 80.5 Å². The molecule has 0 spiro atoms. The second kappa shape index (κ2) is 11.9. The Labute approximate surface area is 251 Å². The molecule has 4 rings (SSSR count). The van der Waals surface area contributed by atoms with Crippen molar-refractivity contribution in [3.63, 3.8) is 0 Å². The minimum atomic E-state index is -5.25. The van der Waals surface area contributed by atoms with E-state index in [0.29, 0.717) is 31.0 Å². The van der Waals surface area contributed by atoms with Crippen LogP contribution < -0.4 is 4.90 Å². The van der Waals surface area contributed by atoms with E-state index in [0.717, 1.165) is 24.1 Å². The number of fused-ring (bicyclic) bond motifs is 1. The largest absolute Gasteiger partial charge is 0.453 e. The molecule has 1 aliphatic carbocycles. The van der Waals surface area contributed by atoms with Crippen LogP contribution in [0.1, 0.15) is 67.0 Å². The van der Waals surface area contributed by atoms with Crippen LogP contribution in [0.4, 0.5) is 54.8 Å². The first kappa shape index (κ1) is 33.6. The van der Waals surface area contributed by atoms with Crippen LogP contribution in [0.25, 0.3) is 0 Å². The number of hydrogen-bond acceptors (Lipinski definition) is 5. The van der Waals surface area contributed by atoms with Crippen LogP contribution >= 0.6 is 12.6 Å². The first-order valence-electron chi connectivity index (χ1n) is 13.3. The van der Waals surface area contributed by atoms with Crippen molar-refractivity contribution in [1.29, 1.82) is 0 Å². The van der Waals surface area contributed by atoms with Gasteiger partial charge in [0.25, 0.3) is 0 Å². The number of amides is 2. The molecule has 1 heterocycles. The lowest BCUT2D eigenvalue weighted by atomic mass is 9.86. The predicted molar refractivity (Wildman–Crippen MR) is 141 cm³/mol. The molecule has 1 fully saturated rings. The molecule has 0 aromatic heterocycles.